The van der Waals surface area contributed by atoms with Gasteiger partial charge in [-0.2, -0.15) is 0 Å². The number of hydrogen-bond donors (Lipinski definition) is 1. The van der Waals surface area contributed by atoms with Gasteiger partial charge in [0.2, 0.25) is 0 Å². The summed E-state index contributed by atoms with van der Waals surface area (Å²) in [5.74, 6) is -0.653. The van der Waals surface area contributed by atoms with Crippen molar-refractivity contribution in [2.45, 2.75) is 13.5 Å². The number of nitrogens with two attached hydrogens (primary N) is 1. The van der Waals surface area contributed by atoms with Gasteiger partial charge < -0.3 is 10.5 Å². The van der Waals surface area contributed by atoms with Crippen molar-refractivity contribution in [3.8, 4) is 0 Å². The smallest absolute Gasteiger partial charge is 0.310 e. The topological polar surface area (TPSA) is 65.2 Å². The van der Waals surface area contributed by atoms with Crippen LogP contribution in [0.1, 0.15) is 12.5 Å². The average Bonchev–Trinajstić information content (AvgIpc) is 2.23. The molecule has 0 bridgehead atoms. The van der Waals surface area contributed by atoms with E-state index in [1.165, 1.54) is 0 Å². The molecule has 1 heterocycles. The van der Waals surface area contributed by atoms with E-state index in [4.69, 9.17) is 33.7 Å². The van der Waals surface area contributed by atoms with E-state index >= 15 is 0 Å². The maximum atomic E-state index is 11.3. The summed E-state index contributed by atoms with van der Waals surface area (Å²) in [5, 5.41) is 0.538. The summed E-state index contributed by atoms with van der Waals surface area (Å²) in [4.78, 5) is 15.1. The number of halogens is 2. The zero-order chi connectivity index (χ0) is 12.1. The first-order chi connectivity index (χ1) is 7.52. The molecule has 0 aliphatic carbocycles. The van der Waals surface area contributed by atoms with Crippen LogP contribution in [0.2, 0.25) is 10.3 Å². The summed E-state index contributed by atoms with van der Waals surface area (Å²) in [6.45, 7) is 2.08. The van der Waals surface area contributed by atoms with E-state index < -0.39 is 0 Å². The van der Waals surface area contributed by atoms with Gasteiger partial charge >= 0.3 is 5.97 Å². The molecule has 6 heteroatoms. The first-order valence-electron chi connectivity index (χ1n) is 4.71. The van der Waals surface area contributed by atoms with Crippen LogP contribution >= 0.6 is 23.2 Å². The minimum Gasteiger partial charge on any atom is -0.461 e. The Labute approximate surface area is 104 Å². The van der Waals surface area contributed by atoms with Crippen LogP contribution in [0.4, 0.5) is 0 Å². The Morgan fingerprint density at radius 3 is 2.56 bits per heavy atom. The van der Waals surface area contributed by atoms with Gasteiger partial charge in [0, 0.05) is 6.54 Å². The van der Waals surface area contributed by atoms with Gasteiger partial charge in [-0.05, 0) is 17.7 Å². The molecule has 16 heavy (non-hydrogen) atoms. The molecule has 0 spiro atoms. The minimum atomic E-state index is -0.341. The molecule has 0 saturated heterocycles. The third-order valence-electron chi connectivity index (χ3n) is 1.96. The maximum absolute atomic E-state index is 11.3. The Bertz CT molecular complexity index is 365. The van der Waals surface area contributed by atoms with Crippen LogP contribution in [0.5, 0.6) is 0 Å². The van der Waals surface area contributed by atoms with Crippen LogP contribution in [0.3, 0.4) is 0 Å². The maximum Gasteiger partial charge on any atom is 0.310 e. The van der Waals surface area contributed by atoms with E-state index in [1.54, 1.807) is 19.1 Å². The molecular formula is C10H12Cl2N2O2. The Morgan fingerprint density at radius 2 is 2.06 bits per heavy atom. The van der Waals surface area contributed by atoms with Crippen LogP contribution in [0.25, 0.3) is 0 Å². The summed E-state index contributed by atoms with van der Waals surface area (Å²) < 4.78 is 5.03. The number of ether oxygens (including phenoxy) is 1. The Balaban J connectivity index is 2.58. The van der Waals surface area contributed by atoms with Crippen LogP contribution in [0, 0.1) is 5.92 Å². The quantitative estimate of drug-likeness (QED) is 0.666. The van der Waals surface area contributed by atoms with Crippen LogP contribution in [-0.2, 0) is 16.1 Å². The summed E-state index contributed by atoms with van der Waals surface area (Å²) in [5.41, 5.74) is 6.03. The van der Waals surface area contributed by atoms with Crippen molar-refractivity contribution in [3.63, 3.8) is 0 Å². The zero-order valence-electron chi connectivity index (χ0n) is 8.74. The number of nitrogens with zero attached hydrogens (tertiary/aromatic N) is 1. The van der Waals surface area contributed by atoms with Crippen LogP contribution in [-0.4, -0.2) is 17.5 Å². The van der Waals surface area contributed by atoms with Gasteiger partial charge in [-0.1, -0.05) is 30.1 Å². The van der Waals surface area contributed by atoms with Gasteiger partial charge in [-0.3, -0.25) is 4.79 Å². The normalized spacial score (nSPS) is 12.2. The highest BCUT2D eigenvalue weighted by Gasteiger charge is 2.12. The zero-order valence-corrected chi connectivity index (χ0v) is 10.3. The molecule has 4 nitrogen and oxygen atoms in total. The molecule has 0 fully saturated rings. The molecule has 0 saturated carbocycles. The summed E-state index contributed by atoms with van der Waals surface area (Å²) in [6.07, 6.45) is 0. The Hall–Kier alpha value is -0.840. The lowest BCUT2D eigenvalue weighted by molar-refractivity contribution is -0.148. The number of esters is 1. The molecule has 0 radical (unpaired) electrons. The van der Waals surface area contributed by atoms with Crippen molar-refractivity contribution in [1.29, 1.82) is 0 Å². The first-order valence-corrected chi connectivity index (χ1v) is 5.47. The van der Waals surface area contributed by atoms with E-state index in [1.807, 2.05) is 0 Å². The van der Waals surface area contributed by atoms with E-state index in [2.05, 4.69) is 4.98 Å². The first kappa shape index (κ1) is 13.2. The third-order valence-corrected chi connectivity index (χ3v) is 2.35. The van der Waals surface area contributed by atoms with Crippen molar-refractivity contribution < 1.29 is 9.53 Å². The fourth-order valence-electron chi connectivity index (χ4n) is 0.990. The molecule has 2 N–H and O–H groups in total. The van der Waals surface area contributed by atoms with Gasteiger partial charge in [-0.25, -0.2) is 4.98 Å². The fraction of sp³-hybridized carbons (Fsp3) is 0.400. The summed E-state index contributed by atoms with van der Waals surface area (Å²) in [7, 11) is 0. The van der Waals surface area contributed by atoms with Crippen molar-refractivity contribution in [2.24, 2.45) is 11.7 Å². The number of pyridine rings is 1. The third kappa shape index (κ3) is 3.96. The molecule has 1 aromatic heterocycles. The van der Waals surface area contributed by atoms with Gasteiger partial charge in [0.05, 0.1) is 5.92 Å². The highest BCUT2D eigenvalue weighted by molar-refractivity contribution is 6.32. The average molecular weight is 263 g/mol. The molecule has 1 aromatic rings. The van der Waals surface area contributed by atoms with E-state index in [-0.39, 0.29) is 35.3 Å². The molecule has 88 valence electrons. The van der Waals surface area contributed by atoms with Gasteiger partial charge in [0.15, 0.2) is 0 Å². The molecule has 0 aliphatic rings. The number of rotatable bonds is 4. The highest BCUT2D eigenvalue weighted by Crippen LogP contribution is 2.15. The summed E-state index contributed by atoms with van der Waals surface area (Å²) in [6, 6.07) is 3.18. The van der Waals surface area contributed by atoms with E-state index in [0.29, 0.717) is 5.56 Å². The molecule has 0 amide bonds. The molecule has 1 rings (SSSR count). The molecule has 0 aliphatic heterocycles. The Kier molecular flexibility index (Phi) is 4.99. The van der Waals surface area contributed by atoms with Gasteiger partial charge in [0.25, 0.3) is 0 Å². The van der Waals surface area contributed by atoms with Crippen molar-refractivity contribution >= 4 is 29.2 Å². The minimum absolute atomic E-state index is 0.116. The second kappa shape index (κ2) is 6.03. The number of carbonyl (C=O) groups is 1. The lowest BCUT2D eigenvalue weighted by Gasteiger charge is -2.09. The largest absolute Gasteiger partial charge is 0.461 e. The molecule has 0 aromatic carbocycles. The predicted molar refractivity (Wildman–Crippen MR) is 62.3 cm³/mol. The van der Waals surface area contributed by atoms with Gasteiger partial charge in [-0.15, -0.1) is 0 Å². The van der Waals surface area contributed by atoms with Crippen molar-refractivity contribution in [3.05, 3.63) is 28.0 Å². The SMILES string of the molecule is C[C@H](CN)C(=O)OCc1cc(Cl)nc(Cl)c1. The number of aromatic nitrogens is 1. The van der Waals surface area contributed by atoms with Crippen LogP contribution in [0.15, 0.2) is 12.1 Å². The second-order valence-electron chi connectivity index (χ2n) is 3.37. The lowest BCUT2D eigenvalue weighted by atomic mass is 10.2. The predicted octanol–water partition coefficient (Wildman–Crippen LogP) is 2.03. The Morgan fingerprint density at radius 1 is 1.50 bits per heavy atom. The fourth-order valence-corrected chi connectivity index (χ4v) is 1.50. The molecular weight excluding hydrogens is 251 g/mol. The summed E-state index contributed by atoms with van der Waals surface area (Å²) >= 11 is 11.4. The lowest BCUT2D eigenvalue weighted by Crippen LogP contribution is -2.22. The number of carbonyl (C=O) groups excluding carboxylic acids is 1. The standard InChI is InChI=1S/C10H12Cl2N2O2/c1-6(4-13)10(15)16-5-7-2-8(11)14-9(12)3-7/h2-3,6H,4-5,13H2,1H3/t6-/m1/s1. The monoisotopic (exact) mass is 262 g/mol. The van der Waals surface area contributed by atoms with Crippen molar-refractivity contribution in [2.75, 3.05) is 6.54 Å². The highest BCUT2D eigenvalue weighted by atomic mass is 35.5. The van der Waals surface area contributed by atoms with Gasteiger partial charge in [0.1, 0.15) is 16.9 Å². The van der Waals surface area contributed by atoms with Crippen molar-refractivity contribution in [1.82, 2.24) is 4.98 Å². The molecule has 0 unspecified atom stereocenters. The second-order valence-corrected chi connectivity index (χ2v) is 4.14. The van der Waals surface area contributed by atoms with E-state index in [9.17, 15) is 4.79 Å². The van der Waals surface area contributed by atoms with Crippen LogP contribution < -0.4 is 5.73 Å². The van der Waals surface area contributed by atoms with E-state index in [0.717, 1.165) is 0 Å². The number of hydrogen-bond acceptors (Lipinski definition) is 4. The molecule has 1 atom stereocenters.